The van der Waals surface area contributed by atoms with Gasteiger partial charge in [0.05, 0.1) is 5.92 Å². The Kier molecular flexibility index (Phi) is 4.74. The fraction of sp³-hybridized carbons (Fsp3) is 0.364. The van der Waals surface area contributed by atoms with Gasteiger partial charge in [0.1, 0.15) is 0 Å². The van der Waals surface area contributed by atoms with Gasteiger partial charge in [-0.15, -0.1) is 0 Å². The summed E-state index contributed by atoms with van der Waals surface area (Å²) in [5, 5.41) is 8.63. The van der Waals surface area contributed by atoms with Crippen molar-refractivity contribution in [1.29, 1.82) is 0 Å². The summed E-state index contributed by atoms with van der Waals surface area (Å²) in [7, 11) is -1.41. The summed E-state index contributed by atoms with van der Waals surface area (Å²) in [6.45, 7) is 1.45. The molecule has 1 aromatic rings. The molecule has 1 rings (SSSR count). The molecule has 0 saturated carbocycles. The van der Waals surface area contributed by atoms with Crippen LogP contribution in [0.3, 0.4) is 0 Å². The summed E-state index contributed by atoms with van der Waals surface area (Å²) in [6, 6.07) is 3.27. The van der Waals surface area contributed by atoms with E-state index >= 15 is 0 Å². The standard InChI is InChI=1S/C11H12F2O3S/c1-7(11(14)15)5-17(16)6-8-2-3-9(12)10(13)4-8/h2-4,7H,5-6H2,1H3,(H,14,15). The molecule has 0 aliphatic heterocycles. The molecule has 0 aromatic heterocycles. The van der Waals surface area contributed by atoms with Gasteiger partial charge in [-0.1, -0.05) is 13.0 Å². The highest BCUT2D eigenvalue weighted by Gasteiger charge is 2.15. The molecule has 0 radical (unpaired) electrons. The normalized spacial score (nSPS) is 14.3. The third-order valence-electron chi connectivity index (χ3n) is 2.17. The molecule has 94 valence electrons. The highest BCUT2D eigenvalue weighted by Crippen LogP contribution is 2.11. The quantitative estimate of drug-likeness (QED) is 0.882. The lowest BCUT2D eigenvalue weighted by atomic mass is 10.2. The maximum Gasteiger partial charge on any atom is 0.307 e. The molecule has 0 fully saturated rings. The second-order valence-electron chi connectivity index (χ2n) is 3.74. The van der Waals surface area contributed by atoms with Crippen molar-refractivity contribution in [2.24, 2.45) is 5.92 Å². The molecule has 3 nitrogen and oxygen atoms in total. The number of benzene rings is 1. The zero-order valence-electron chi connectivity index (χ0n) is 9.15. The fourth-order valence-electron chi connectivity index (χ4n) is 1.22. The molecular formula is C11H12F2O3S. The van der Waals surface area contributed by atoms with E-state index in [2.05, 4.69) is 0 Å². The van der Waals surface area contributed by atoms with E-state index in [1.54, 1.807) is 0 Å². The van der Waals surface area contributed by atoms with Crippen LogP contribution in [0.2, 0.25) is 0 Å². The summed E-state index contributed by atoms with van der Waals surface area (Å²) in [5.74, 6) is -3.68. The second-order valence-corrected chi connectivity index (χ2v) is 5.24. The van der Waals surface area contributed by atoms with Crippen LogP contribution in [0.15, 0.2) is 18.2 Å². The number of carbonyl (C=O) groups is 1. The number of carboxylic acids is 1. The molecule has 0 saturated heterocycles. The van der Waals surface area contributed by atoms with Crippen LogP contribution in [0.1, 0.15) is 12.5 Å². The third kappa shape index (κ3) is 4.22. The number of hydrogen-bond acceptors (Lipinski definition) is 2. The van der Waals surface area contributed by atoms with Gasteiger partial charge in [0.25, 0.3) is 0 Å². The minimum absolute atomic E-state index is 0.00563. The number of aliphatic carboxylic acids is 1. The molecule has 0 bridgehead atoms. The first-order valence-corrected chi connectivity index (χ1v) is 6.40. The Hall–Kier alpha value is -1.30. The fourth-order valence-corrected chi connectivity index (χ4v) is 2.59. The van der Waals surface area contributed by atoms with Gasteiger partial charge in [-0.25, -0.2) is 8.78 Å². The van der Waals surface area contributed by atoms with Gasteiger partial charge >= 0.3 is 5.97 Å². The SMILES string of the molecule is CC(CS(=O)Cc1ccc(F)c(F)c1)C(=O)O. The van der Waals surface area contributed by atoms with Crippen LogP contribution in [0, 0.1) is 17.6 Å². The van der Waals surface area contributed by atoms with Crippen molar-refractivity contribution in [3.8, 4) is 0 Å². The van der Waals surface area contributed by atoms with Crippen LogP contribution in [0.5, 0.6) is 0 Å². The first kappa shape index (κ1) is 13.8. The molecule has 1 aromatic carbocycles. The van der Waals surface area contributed by atoms with E-state index in [0.717, 1.165) is 12.1 Å². The van der Waals surface area contributed by atoms with E-state index in [1.165, 1.54) is 13.0 Å². The lowest BCUT2D eigenvalue weighted by molar-refractivity contribution is -0.140. The zero-order chi connectivity index (χ0) is 13.0. The Bertz CT molecular complexity index is 448. The first-order valence-electron chi connectivity index (χ1n) is 4.92. The lowest BCUT2D eigenvalue weighted by Crippen LogP contribution is -2.18. The predicted octanol–water partition coefficient (Wildman–Crippen LogP) is 1.93. The molecule has 0 amide bonds. The van der Waals surface area contributed by atoms with Gasteiger partial charge in [0, 0.05) is 22.3 Å². The molecule has 0 spiro atoms. The molecule has 0 aliphatic rings. The number of carboxylic acid groups (broad SMARTS) is 1. The second kappa shape index (κ2) is 5.86. The van der Waals surface area contributed by atoms with Crippen LogP contribution in [0.4, 0.5) is 8.78 Å². The van der Waals surface area contributed by atoms with Crippen molar-refractivity contribution in [3.63, 3.8) is 0 Å². The first-order chi connectivity index (χ1) is 7.90. The van der Waals surface area contributed by atoms with Crippen LogP contribution in [0.25, 0.3) is 0 Å². The Morgan fingerprint density at radius 2 is 2.06 bits per heavy atom. The number of halogens is 2. The molecule has 0 aliphatic carbocycles. The van der Waals surface area contributed by atoms with Crippen LogP contribution in [-0.4, -0.2) is 21.0 Å². The summed E-state index contributed by atoms with van der Waals surface area (Å²) in [4.78, 5) is 10.5. The predicted molar refractivity (Wildman–Crippen MR) is 59.9 cm³/mol. The molecule has 6 heteroatoms. The molecule has 17 heavy (non-hydrogen) atoms. The minimum atomic E-state index is -1.41. The van der Waals surface area contributed by atoms with E-state index in [-0.39, 0.29) is 11.5 Å². The summed E-state index contributed by atoms with van der Waals surface area (Å²) < 4.78 is 37.0. The van der Waals surface area contributed by atoms with E-state index in [1.807, 2.05) is 0 Å². The van der Waals surface area contributed by atoms with E-state index < -0.39 is 34.3 Å². The van der Waals surface area contributed by atoms with E-state index in [9.17, 15) is 17.8 Å². The van der Waals surface area contributed by atoms with Gasteiger partial charge in [-0.05, 0) is 17.7 Å². The molecule has 2 atom stereocenters. The molecule has 2 unspecified atom stereocenters. The maximum atomic E-state index is 12.9. The summed E-state index contributed by atoms with van der Waals surface area (Å²) in [6.07, 6.45) is 0. The van der Waals surface area contributed by atoms with Crippen molar-refractivity contribution in [2.75, 3.05) is 5.75 Å². The van der Waals surface area contributed by atoms with Crippen LogP contribution >= 0.6 is 0 Å². The van der Waals surface area contributed by atoms with Crippen molar-refractivity contribution < 1.29 is 22.9 Å². The van der Waals surface area contributed by atoms with Gasteiger partial charge in [-0.2, -0.15) is 0 Å². The molecule has 0 heterocycles. The maximum absolute atomic E-state index is 12.9. The van der Waals surface area contributed by atoms with Crippen molar-refractivity contribution in [2.45, 2.75) is 12.7 Å². The van der Waals surface area contributed by atoms with Gasteiger partial charge < -0.3 is 5.11 Å². The topological polar surface area (TPSA) is 54.4 Å². The number of rotatable bonds is 5. The van der Waals surface area contributed by atoms with Crippen molar-refractivity contribution >= 4 is 16.8 Å². The molecule has 1 N–H and O–H groups in total. The molecular weight excluding hydrogens is 250 g/mol. The van der Waals surface area contributed by atoms with Gasteiger partial charge in [0.2, 0.25) is 0 Å². The average molecular weight is 262 g/mol. The van der Waals surface area contributed by atoms with Crippen molar-refractivity contribution in [3.05, 3.63) is 35.4 Å². The largest absolute Gasteiger partial charge is 0.481 e. The minimum Gasteiger partial charge on any atom is -0.481 e. The lowest BCUT2D eigenvalue weighted by Gasteiger charge is -2.06. The summed E-state index contributed by atoms with van der Waals surface area (Å²) >= 11 is 0. The Balaban J connectivity index is 2.62. The average Bonchev–Trinajstić information content (AvgIpc) is 2.23. The summed E-state index contributed by atoms with van der Waals surface area (Å²) in [5.41, 5.74) is 0.389. The highest BCUT2D eigenvalue weighted by atomic mass is 32.2. The Morgan fingerprint density at radius 3 is 2.59 bits per heavy atom. The number of hydrogen-bond donors (Lipinski definition) is 1. The third-order valence-corrected chi connectivity index (χ3v) is 3.70. The zero-order valence-corrected chi connectivity index (χ0v) is 9.97. The highest BCUT2D eigenvalue weighted by molar-refractivity contribution is 7.84. The van der Waals surface area contributed by atoms with Crippen LogP contribution in [-0.2, 0) is 21.3 Å². The van der Waals surface area contributed by atoms with Crippen LogP contribution < -0.4 is 0 Å². The smallest absolute Gasteiger partial charge is 0.307 e. The monoisotopic (exact) mass is 262 g/mol. The van der Waals surface area contributed by atoms with Crippen molar-refractivity contribution in [1.82, 2.24) is 0 Å². The van der Waals surface area contributed by atoms with Gasteiger partial charge in [-0.3, -0.25) is 9.00 Å². The Morgan fingerprint density at radius 1 is 1.41 bits per heavy atom. The van der Waals surface area contributed by atoms with Gasteiger partial charge in [0.15, 0.2) is 11.6 Å². The Labute approximate surface area is 99.9 Å². The van der Waals surface area contributed by atoms with E-state index in [4.69, 9.17) is 5.11 Å². The van der Waals surface area contributed by atoms with E-state index in [0.29, 0.717) is 5.56 Å².